The van der Waals surface area contributed by atoms with Gasteiger partial charge in [-0.1, -0.05) is 0 Å². The first kappa shape index (κ1) is 8.74. The van der Waals surface area contributed by atoms with E-state index >= 15 is 0 Å². The van der Waals surface area contributed by atoms with E-state index in [2.05, 4.69) is 4.98 Å². The number of aromatic amines is 1. The average Bonchev–Trinajstić information content (AvgIpc) is 2.66. The molecule has 0 unspecified atom stereocenters. The first-order chi connectivity index (χ1) is 8.88. The number of halogens is 1. The number of hydrogen-bond acceptors (Lipinski definition) is 1. The highest BCUT2D eigenvalue weighted by molar-refractivity contribution is 6.07. The van der Waals surface area contributed by atoms with Crippen molar-refractivity contribution < 1.29 is 37.8 Å². The van der Waals surface area contributed by atoms with Crippen LogP contribution < -0.4 is 28.5 Å². The van der Waals surface area contributed by atoms with E-state index in [9.17, 15) is 5.11 Å². The molecular formula is C13H13IN2O. The number of pyridine rings is 1. The number of hydrogen-bond donors (Lipinski definition) is 2. The Hall–Kier alpha value is -1.30. The molecular weight excluding hydrogens is 327 g/mol. The maximum absolute atomic E-state index is 9.49. The van der Waals surface area contributed by atoms with Gasteiger partial charge in [0.05, 0.1) is 5.52 Å². The average molecular weight is 343 g/mol. The molecule has 1 aromatic carbocycles. The number of phenolic OH excluding ortho intramolecular Hbond substituents is 1. The minimum absolute atomic E-state index is 0. The molecule has 0 aliphatic carbocycles. The lowest BCUT2D eigenvalue weighted by Gasteiger charge is -1.94. The monoisotopic (exact) mass is 343 g/mol. The molecule has 0 saturated carbocycles. The molecule has 3 aromatic rings. The second kappa shape index (κ2) is 4.18. The predicted molar refractivity (Wildman–Crippen MR) is 63.4 cm³/mol. The summed E-state index contributed by atoms with van der Waals surface area (Å²) in [5.41, 5.74) is 2.22. The molecule has 3 nitrogen and oxygen atoms in total. The fourth-order valence-corrected chi connectivity index (χ4v) is 2.05. The van der Waals surface area contributed by atoms with E-state index in [-0.39, 0.29) is 29.7 Å². The Morgan fingerprint density at radius 2 is 2.12 bits per heavy atom. The van der Waals surface area contributed by atoms with Crippen molar-refractivity contribution in [2.45, 2.75) is 6.92 Å². The van der Waals surface area contributed by atoms with E-state index in [1.165, 1.54) is 4.57 Å². The summed E-state index contributed by atoms with van der Waals surface area (Å²) in [7, 11) is 0. The van der Waals surface area contributed by atoms with Crippen LogP contribution >= 0.6 is 0 Å². The van der Waals surface area contributed by atoms with Crippen LogP contribution in [0.25, 0.3) is 21.8 Å². The van der Waals surface area contributed by atoms with Gasteiger partial charge in [0.2, 0.25) is 5.69 Å². The third-order valence-corrected chi connectivity index (χ3v) is 2.94. The number of nitrogens with one attached hydrogen (secondary N) is 1. The molecule has 0 bridgehead atoms. The van der Waals surface area contributed by atoms with Gasteiger partial charge in [0.15, 0.2) is 6.20 Å². The number of phenols is 1. The van der Waals surface area contributed by atoms with E-state index in [1.54, 1.807) is 31.3 Å². The number of aromatic hydroxyl groups is 1. The Bertz CT molecular complexity index is 795. The van der Waals surface area contributed by atoms with Crippen molar-refractivity contribution >= 4 is 21.8 Å². The molecule has 2 N–H and O–H groups in total. The van der Waals surface area contributed by atoms with Gasteiger partial charge in [0.25, 0.3) is 0 Å². The van der Waals surface area contributed by atoms with Gasteiger partial charge in [-0.2, -0.15) is 0 Å². The van der Waals surface area contributed by atoms with Gasteiger partial charge in [-0.25, -0.2) is 4.57 Å². The van der Waals surface area contributed by atoms with E-state index in [0.29, 0.717) is 5.69 Å². The number of nitrogens with zero attached hydrogens (tertiary/aromatic N) is 1. The van der Waals surface area contributed by atoms with Crippen molar-refractivity contribution in [3.63, 3.8) is 0 Å². The predicted octanol–water partition coefficient (Wildman–Crippen LogP) is -0.836. The first-order valence-electron chi connectivity index (χ1n) is 6.54. The Balaban J connectivity index is 0.00000147. The quantitative estimate of drug-likeness (QED) is 0.406. The molecule has 0 amide bonds. The summed E-state index contributed by atoms with van der Waals surface area (Å²) >= 11 is 0. The van der Waals surface area contributed by atoms with Crippen LogP contribution in [0.4, 0.5) is 0 Å². The number of aromatic nitrogens is 2. The largest absolute Gasteiger partial charge is 1.00 e. The highest BCUT2D eigenvalue weighted by Crippen LogP contribution is 2.28. The normalized spacial score (nSPS) is 14.1. The van der Waals surface area contributed by atoms with Crippen molar-refractivity contribution in [3.8, 4) is 5.75 Å². The maximum Gasteiger partial charge on any atom is 0.202 e. The second-order valence-corrected chi connectivity index (χ2v) is 3.91. The Labute approximate surface area is 120 Å². The third-order valence-electron chi connectivity index (χ3n) is 2.94. The van der Waals surface area contributed by atoms with E-state index in [0.717, 1.165) is 21.8 Å². The van der Waals surface area contributed by atoms with Crippen molar-refractivity contribution in [2.24, 2.45) is 6.98 Å². The Morgan fingerprint density at radius 3 is 2.88 bits per heavy atom. The number of rotatable bonds is 0. The van der Waals surface area contributed by atoms with Gasteiger partial charge in [-0.3, -0.25) is 0 Å². The van der Waals surface area contributed by atoms with Crippen LogP contribution in [0.5, 0.6) is 5.75 Å². The summed E-state index contributed by atoms with van der Waals surface area (Å²) in [4.78, 5) is 3.17. The lowest BCUT2D eigenvalue weighted by Crippen LogP contribution is -3.00. The van der Waals surface area contributed by atoms with E-state index in [1.807, 2.05) is 6.07 Å². The summed E-state index contributed by atoms with van der Waals surface area (Å²) in [5, 5.41) is 11.4. The maximum atomic E-state index is 9.49. The third kappa shape index (κ3) is 1.76. The van der Waals surface area contributed by atoms with E-state index < -0.39 is 6.98 Å². The molecule has 88 valence electrons. The van der Waals surface area contributed by atoms with Gasteiger partial charge >= 0.3 is 0 Å². The Morgan fingerprint density at radius 1 is 1.29 bits per heavy atom. The number of H-pyrrole nitrogens is 1. The van der Waals surface area contributed by atoms with Gasteiger partial charge < -0.3 is 34.1 Å². The first-order valence-corrected chi connectivity index (χ1v) is 5.04. The van der Waals surface area contributed by atoms with Crippen LogP contribution in [0.15, 0.2) is 30.5 Å². The zero-order chi connectivity index (χ0) is 13.8. The molecule has 3 rings (SSSR count). The molecule has 4 heteroatoms. The molecule has 0 spiro atoms. The van der Waals surface area contributed by atoms with Crippen LogP contribution in [-0.2, 0) is 6.98 Å². The smallest absolute Gasteiger partial charge is 0.202 e. The van der Waals surface area contributed by atoms with Gasteiger partial charge in [0, 0.05) is 29.8 Å². The van der Waals surface area contributed by atoms with Crippen LogP contribution in [0.1, 0.15) is 9.81 Å². The summed E-state index contributed by atoms with van der Waals surface area (Å²) < 4.78 is 23.8. The highest BCUT2D eigenvalue weighted by Gasteiger charge is 2.12. The summed E-state index contributed by atoms with van der Waals surface area (Å²) in [6.07, 6.45) is 1.57. The molecule has 0 saturated heterocycles. The zero-order valence-electron chi connectivity index (χ0n) is 12.2. The minimum atomic E-state index is -2.20. The topological polar surface area (TPSA) is 39.9 Å². The number of benzene rings is 1. The Kier molecular flexibility index (Phi) is 2.15. The second-order valence-electron chi connectivity index (χ2n) is 3.91. The van der Waals surface area contributed by atoms with Crippen LogP contribution in [-0.4, -0.2) is 10.1 Å². The van der Waals surface area contributed by atoms with Crippen molar-refractivity contribution in [2.75, 3.05) is 0 Å². The zero-order valence-corrected chi connectivity index (χ0v) is 11.3. The summed E-state index contributed by atoms with van der Waals surface area (Å²) in [6.45, 7) is -0.429. The molecule has 0 radical (unpaired) electrons. The minimum Gasteiger partial charge on any atom is -1.00 e. The lowest BCUT2D eigenvalue weighted by atomic mass is 10.1. The molecule has 2 aromatic heterocycles. The van der Waals surface area contributed by atoms with Gasteiger partial charge in [0.1, 0.15) is 22.4 Å². The molecule has 17 heavy (non-hydrogen) atoms. The van der Waals surface area contributed by atoms with Crippen LogP contribution in [0, 0.1) is 6.92 Å². The van der Waals surface area contributed by atoms with Gasteiger partial charge in [-0.05, 0) is 12.1 Å². The summed E-state index contributed by atoms with van der Waals surface area (Å²) in [5.74, 6) is 0.181. The van der Waals surface area contributed by atoms with Crippen molar-refractivity contribution in [3.05, 3.63) is 36.2 Å². The molecule has 0 aliphatic heterocycles. The number of fused-ring (bicyclic) bond motifs is 3. The van der Waals surface area contributed by atoms with Crippen molar-refractivity contribution in [1.82, 2.24) is 4.98 Å². The van der Waals surface area contributed by atoms with E-state index in [4.69, 9.17) is 4.11 Å². The lowest BCUT2D eigenvalue weighted by molar-refractivity contribution is -0.676. The van der Waals surface area contributed by atoms with Crippen LogP contribution in [0.2, 0.25) is 0 Å². The highest BCUT2D eigenvalue weighted by atomic mass is 127. The number of aryl methyl sites for hydroxylation is 2. The van der Waals surface area contributed by atoms with Crippen LogP contribution in [0.3, 0.4) is 0 Å². The summed E-state index contributed by atoms with van der Waals surface area (Å²) in [6, 6.07) is 6.86. The fourth-order valence-electron chi connectivity index (χ4n) is 2.05. The molecule has 0 aliphatic rings. The molecule has 0 atom stereocenters. The fraction of sp³-hybridized carbons (Fsp3) is 0.154. The van der Waals surface area contributed by atoms with Crippen molar-refractivity contribution in [1.29, 1.82) is 0 Å². The molecule has 0 fully saturated rings. The standard InChI is InChI=1S/C13H12N2O.HI/c1-8-13-11(5-6-15(8)2)10-4-3-9(16)7-12(10)14-13;/h3-7H,1-2H3,(H,14,16);1H/i2D3;. The van der Waals surface area contributed by atoms with Gasteiger partial charge in [-0.15, -0.1) is 0 Å². The molecule has 2 heterocycles. The SMILES string of the molecule is [2H]C([2H])([2H])[n+]1ccc2c([nH]c3cc(O)ccc32)c1C.[I-].